The third-order valence-corrected chi connectivity index (χ3v) is 5.76. The Hall–Kier alpha value is -3.48. The first kappa shape index (κ1) is 19.5. The number of aryl methyl sites for hydroxylation is 1. The lowest BCUT2D eigenvalue weighted by molar-refractivity contribution is 0.414. The van der Waals surface area contributed by atoms with E-state index in [2.05, 4.69) is 38.6 Å². The predicted octanol–water partition coefficient (Wildman–Crippen LogP) is 3.06. The van der Waals surface area contributed by atoms with E-state index in [-0.39, 0.29) is 11.7 Å². The summed E-state index contributed by atoms with van der Waals surface area (Å²) < 4.78 is 1.71. The Morgan fingerprint density at radius 3 is 2.84 bits per heavy atom. The summed E-state index contributed by atoms with van der Waals surface area (Å²) in [4.78, 5) is 11.8. The van der Waals surface area contributed by atoms with Gasteiger partial charge in [-0.05, 0) is 38.2 Å². The van der Waals surface area contributed by atoms with Crippen molar-refractivity contribution in [1.29, 1.82) is 5.26 Å². The van der Waals surface area contributed by atoms with Crippen LogP contribution in [0.15, 0.2) is 30.6 Å². The van der Waals surface area contributed by atoms with Crippen LogP contribution in [0.5, 0.6) is 0 Å². The van der Waals surface area contributed by atoms with Crippen molar-refractivity contribution in [3.8, 4) is 28.7 Å². The highest BCUT2D eigenvalue weighted by molar-refractivity contribution is 6.35. The minimum Gasteiger partial charge on any atom is -0.364 e. The quantitative estimate of drug-likeness (QED) is 0.508. The third kappa shape index (κ3) is 3.60. The highest BCUT2D eigenvalue weighted by Gasteiger charge is 2.24. The molecule has 0 saturated carbocycles. The average molecular weight is 434 g/mol. The molecule has 4 heterocycles. The average Bonchev–Trinajstić information content (AvgIpc) is 3.49. The van der Waals surface area contributed by atoms with Crippen molar-refractivity contribution in [3.05, 3.63) is 41.3 Å². The van der Waals surface area contributed by atoms with Gasteiger partial charge in [0.2, 0.25) is 0 Å². The van der Waals surface area contributed by atoms with Gasteiger partial charge in [0.25, 0.3) is 0 Å². The second-order valence-electron chi connectivity index (χ2n) is 7.79. The van der Waals surface area contributed by atoms with Gasteiger partial charge < -0.3 is 10.2 Å². The lowest BCUT2D eigenvalue weighted by Gasteiger charge is -2.16. The Bertz CT molecular complexity index is 1320. The van der Waals surface area contributed by atoms with Gasteiger partial charge in [-0.2, -0.15) is 15.5 Å². The van der Waals surface area contributed by atoms with Gasteiger partial charge in [0.1, 0.15) is 23.2 Å². The highest BCUT2D eigenvalue weighted by Crippen LogP contribution is 2.35. The number of fused-ring (bicyclic) bond motifs is 1. The Morgan fingerprint density at radius 1 is 1.26 bits per heavy atom. The smallest absolute Gasteiger partial charge is 0.183 e. The molecule has 0 amide bonds. The van der Waals surface area contributed by atoms with Gasteiger partial charge >= 0.3 is 0 Å². The molecule has 1 saturated heterocycles. The van der Waals surface area contributed by atoms with E-state index in [0.29, 0.717) is 27.9 Å². The Morgan fingerprint density at radius 2 is 2.13 bits per heavy atom. The fraction of sp³-hybridized carbons (Fsp3) is 0.286. The molecule has 1 fully saturated rings. The molecule has 1 aliphatic rings. The SMILES string of the molecule is CN1CCC(Nc2nc(-c3ccn(C)n3)c(-c3cc(Cl)c4[nH]ncc4c3)nc2C#N)C1. The number of benzene rings is 1. The maximum Gasteiger partial charge on any atom is 0.183 e. The Labute approximate surface area is 183 Å². The van der Waals surface area contributed by atoms with E-state index in [0.717, 1.165) is 36.0 Å². The lowest BCUT2D eigenvalue weighted by atomic mass is 10.1. The van der Waals surface area contributed by atoms with E-state index in [1.54, 1.807) is 16.9 Å². The maximum atomic E-state index is 9.81. The summed E-state index contributed by atoms with van der Waals surface area (Å²) in [5, 5.41) is 26.1. The van der Waals surface area contributed by atoms with Crippen LogP contribution >= 0.6 is 11.6 Å². The third-order valence-electron chi connectivity index (χ3n) is 5.46. The molecule has 5 rings (SSSR count). The minimum absolute atomic E-state index is 0.213. The van der Waals surface area contributed by atoms with Crippen LogP contribution in [0.3, 0.4) is 0 Å². The summed E-state index contributed by atoms with van der Waals surface area (Å²) in [6, 6.07) is 8.02. The Kier molecular flexibility index (Phi) is 4.81. The van der Waals surface area contributed by atoms with Crippen LogP contribution in [0, 0.1) is 11.3 Å². The molecule has 9 nitrogen and oxygen atoms in total. The van der Waals surface area contributed by atoms with Crippen LogP contribution in [-0.4, -0.2) is 61.0 Å². The molecule has 3 aromatic heterocycles. The number of anilines is 1. The number of hydrogen-bond acceptors (Lipinski definition) is 7. The second-order valence-corrected chi connectivity index (χ2v) is 8.20. The van der Waals surface area contributed by atoms with Crippen molar-refractivity contribution >= 4 is 28.3 Å². The number of nitrogens with zero attached hydrogens (tertiary/aromatic N) is 7. The minimum atomic E-state index is 0.213. The number of nitrogens with one attached hydrogen (secondary N) is 2. The zero-order chi connectivity index (χ0) is 21.5. The van der Waals surface area contributed by atoms with E-state index in [1.165, 1.54) is 0 Å². The van der Waals surface area contributed by atoms with Crippen molar-refractivity contribution in [2.45, 2.75) is 12.5 Å². The predicted molar refractivity (Wildman–Crippen MR) is 119 cm³/mol. The summed E-state index contributed by atoms with van der Waals surface area (Å²) in [5.41, 5.74) is 3.55. The van der Waals surface area contributed by atoms with E-state index < -0.39 is 0 Å². The van der Waals surface area contributed by atoms with E-state index in [1.807, 2.05) is 25.4 Å². The zero-order valence-electron chi connectivity index (χ0n) is 17.1. The topological polar surface area (TPSA) is 111 Å². The van der Waals surface area contributed by atoms with E-state index >= 15 is 0 Å². The number of nitriles is 1. The molecule has 1 atom stereocenters. The zero-order valence-corrected chi connectivity index (χ0v) is 17.8. The first-order valence-corrected chi connectivity index (χ1v) is 10.3. The van der Waals surface area contributed by atoms with Gasteiger partial charge in [0, 0.05) is 36.8 Å². The number of likely N-dealkylation sites (N-methyl/N-ethyl adjacent to an activating group) is 1. The van der Waals surface area contributed by atoms with Crippen molar-refractivity contribution < 1.29 is 0 Å². The van der Waals surface area contributed by atoms with Gasteiger partial charge in [0.05, 0.1) is 16.7 Å². The van der Waals surface area contributed by atoms with Gasteiger partial charge in [0.15, 0.2) is 11.5 Å². The molecule has 0 bridgehead atoms. The van der Waals surface area contributed by atoms with Crippen LogP contribution in [0.25, 0.3) is 33.5 Å². The first-order chi connectivity index (χ1) is 15.0. The number of aromatic nitrogens is 6. The monoisotopic (exact) mass is 433 g/mol. The second kappa shape index (κ2) is 7.65. The molecule has 0 spiro atoms. The van der Waals surface area contributed by atoms with Gasteiger partial charge in [-0.15, -0.1) is 0 Å². The van der Waals surface area contributed by atoms with Crippen LogP contribution in [0.1, 0.15) is 12.1 Å². The molecule has 156 valence electrons. The molecule has 0 aliphatic carbocycles. The van der Waals surface area contributed by atoms with Gasteiger partial charge in [-0.3, -0.25) is 9.78 Å². The van der Waals surface area contributed by atoms with Crippen molar-refractivity contribution in [2.24, 2.45) is 7.05 Å². The summed E-state index contributed by atoms with van der Waals surface area (Å²) >= 11 is 6.47. The maximum absolute atomic E-state index is 9.81. The largest absolute Gasteiger partial charge is 0.364 e. The normalized spacial score (nSPS) is 16.6. The summed E-state index contributed by atoms with van der Waals surface area (Å²) in [6.07, 6.45) is 4.54. The summed E-state index contributed by atoms with van der Waals surface area (Å²) in [6.45, 7) is 1.89. The van der Waals surface area contributed by atoms with Crippen LogP contribution in [-0.2, 0) is 7.05 Å². The van der Waals surface area contributed by atoms with Crippen LogP contribution in [0.4, 0.5) is 5.82 Å². The fourth-order valence-electron chi connectivity index (χ4n) is 3.93. The number of hydrogen-bond donors (Lipinski definition) is 2. The summed E-state index contributed by atoms with van der Waals surface area (Å²) in [7, 11) is 3.93. The van der Waals surface area contributed by atoms with E-state index in [4.69, 9.17) is 21.6 Å². The molecule has 1 unspecified atom stereocenters. The fourth-order valence-corrected chi connectivity index (χ4v) is 4.20. The van der Waals surface area contributed by atoms with E-state index in [9.17, 15) is 5.26 Å². The number of aromatic amines is 1. The first-order valence-electron chi connectivity index (χ1n) is 9.92. The molecule has 31 heavy (non-hydrogen) atoms. The molecule has 2 N–H and O–H groups in total. The summed E-state index contributed by atoms with van der Waals surface area (Å²) in [5.74, 6) is 0.475. The van der Waals surface area contributed by atoms with Crippen molar-refractivity contribution in [2.75, 3.05) is 25.5 Å². The molecule has 1 aliphatic heterocycles. The standard InChI is InChI=1S/C21H20ClN9/c1-30-5-3-14(11-30)25-21-17(9-23)26-19(20(27-21)16-4-6-31(2)29-16)12-7-13-10-24-28-18(13)15(22)8-12/h4,6-8,10,14H,3,5,11H2,1-2H3,(H,24,28)(H,25,27). The number of halogens is 1. The lowest BCUT2D eigenvalue weighted by Crippen LogP contribution is -2.25. The molecular weight excluding hydrogens is 414 g/mol. The van der Waals surface area contributed by atoms with Crippen LogP contribution < -0.4 is 5.32 Å². The Balaban J connectivity index is 1.68. The number of rotatable bonds is 4. The van der Waals surface area contributed by atoms with Gasteiger partial charge in [-0.25, -0.2) is 9.97 Å². The molecule has 0 radical (unpaired) electrons. The number of H-pyrrole nitrogens is 1. The number of likely N-dealkylation sites (tertiary alicyclic amines) is 1. The molecule has 10 heteroatoms. The molecule has 1 aromatic carbocycles. The molecular formula is C21H20ClN9. The van der Waals surface area contributed by atoms with Crippen LogP contribution in [0.2, 0.25) is 5.02 Å². The highest BCUT2D eigenvalue weighted by atomic mass is 35.5. The van der Waals surface area contributed by atoms with Crippen molar-refractivity contribution in [3.63, 3.8) is 0 Å². The molecule has 4 aromatic rings. The van der Waals surface area contributed by atoms with Crippen molar-refractivity contribution in [1.82, 2.24) is 34.8 Å². The van der Waals surface area contributed by atoms with Gasteiger partial charge in [-0.1, -0.05) is 11.6 Å².